The maximum atomic E-state index is 12.9. The van der Waals surface area contributed by atoms with Crippen molar-refractivity contribution in [2.75, 3.05) is 32.6 Å². The Balaban J connectivity index is 1.86. The molecule has 2 rings (SSSR count). The summed E-state index contributed by atoms with van der Waals surface area (Å²) in [4.78, 5) is 14.3. The molecule has 0 aromatic heterocycles. The number of methoxy groups -OCH3 is 1. The van der Waals surface area contributed by atoms with E-state index in [-0.39, 0.29) is 11.7 Å². The van der Waals surface area contributed by atoms with E-state index >= 15 is 0 Å². The summed E-state index contributed by atoms with van der Waals surface area (Å²) in [7, 11) is 3.36. The summed E-state index contributed by atoms with van der Waals surface area (Å²) >= 11 is 5.98. The molecule has 140 valence electrons. The molecule has 0 aliphatic carbocycles. The quantitative estimate of drug-likeness (QED) is 0.756. The molecule has 0 saturated carbocycles. The summed E-state index contributed by atoms with van der Waals surface area (Å²) < 4.78 is 23.6. The molecule has 0 spiro atoms. The number of carbonyl (C=O) groups is 1. The molecule has 0 saturated heterocycles. The Labute approximate surface area is 157 Å². The summed E-state index contributed by atoms with van der Waals surface area (Å²) in [5, 5.41) is 3.33. The normalized spacial score (nSPS) is 11.9. The fourth-order valence-corrected chi connectivity index (χ4v) is 2.42. The fourth-order valence-electron chi connectivity index (χ4n) is 2.25. The summed E-state index contributed by atoms with van der Waals surface area (Å²) in [5.74, 6) is 0.629. The topological polar surface area (TPSA) is 50.8 Å². The molecule has 0 aliphatic rings. The van der Waals surface area contributed by atoms with E-state index < -0.39 is 6.04 Å². The maximum absolute atomic E-state index is 12.9. The third kappa shape index (κ3) is 5.61. The van der Waals surface area contributed by atoms with E-state index in [0.29, 0.717) is 35.4 Å². The molecule has 0 unspecified atom stereocenters. The number of carbonyl (C=O) groups excluding carboxylic acids is 1. The van der Waals surface area contributed by atoms with Crippen LogP contribution in [0.5, 0.6) is 11.5 Å². The van der Waals surface area contributed by atoms with Gasteiger partial charge in [-0.05, 0) is 56.4 Å². The molecule has 0 heterocycles. The minimum absolute atomic E-state index is 0.185. The first kappa shape index (κ1) is 20.0. The number of hydrogen-bond acceptors (Lipinski definition) is 4. The van der Waals surface area contributed by atoms with E-state index in [1.54, 1.807) is 37.3 Å². The molecular formula is C19H22ClFN2O3. The predicted molar refractivity (Wildman–Crippen MR) is 101 cm³/mol. The van der Waals surface area contributed by atoms with Crippen LogP contribution in [0.1, 0.15) is 6.92 Å². The number of nitrogens with one attached hydrogen (secondary N) is 1. The zero-order chi connectivity index (χ0) is 19.1. The number of nitrogens with zero attached hydrogens (tertiary/aromatic N) is 1. The molecule has 0 bridgehead atoms. The number of rotatable bonds is 8. The van der Waals surface area contributed by atoms with Gasteiger partial charge in [0.15, 0.2) is 0 Å². The molecule has 5 nitrogen and oxygen atoms in total. The lowest BCUT2D eigenvalue weighted by Crippen LogP contribution is -2.41. The van der Waals surface area contributed by atoms with E-state index in [4.69, 9.17) is 21.1 Å². The van der Waals surface area contributed by atoms with Crippen molar-refractivity contribution in [1.82, 2.24) is 4.90 Å². The first-order valence-corrected chi connectivity index (χ1v) is 8.51. The van der Waals surface area contributed by atoms with E-state index in [1.165, 1.54) is 19.2 Å². The van der Waals surface area contributed by atoms with Crippen LogP contribution in [0.15, 0.2) is 42.5 Å². The Hall–Kier alpha value is -2.31. The van der Waals surface area contributed by atoms with Crippen LogP contribution >= 0.6 is 11.6 Å². The van der Waals surface area contributed by atoms with Gasteiger partial charge in [0.2, 0.25) is 5.91 Å². The van der Waals surface area contributed by atoms with Crippen LogP contribution in [0.2, 0.25) is 5.02 Å². The van der Waals surface area contributed by atoms with Gasteiger partial charge in [0.25, 0.3) is 0 Å². The largest absolute Gasteiger partial charge is 0.495 e. The number of ether oxygens (including phenoxy) is 2. The highest BCUT2D eigenvalue weighted by Gasteiger charge is 2.19. The second-order valence-corrected chi connectivity index (χ2v) is 6.23. The van der Waals surface area contributed by atoms with E-state index in [9.17, 15) is 9.18 Å². The standard InChI is InChI=1S/C19H22ClFN2O3/c1-13(19(24)22-17-12-14(20)4-9-18(17)25-3)23(2)10-11-26-16-7-5-15(21)6-8-16/h4-9,12-13H,10-11H2,1-3H3,(H,22,24)/t13-/m0/s1. The number of halogens is 2. The minimum atomic E-state index is -0.393. The molecule has 0 fully saturated rings. The van der Waals surface area contributed by atoms with Crippen LogP contribution in [0.3, 0.4) is 0 Å². The number of hydrogen-bond donors (Lipinski definition) is 1. The molecule has 1 amide bonds. The van der Waals surface area contributed by atoms with Gasteiger partial charge in [-0.15, -0.1) is 0 Å². The molecule has 1 N–H and O–H groups in total. The first-order valence-electron chi connectivity index (χ1n) is 8.13. The predicted octanol–water partition coefficient (Wildman–Crippen LogP) is 3.83. The lowest BCUT2D eigenvalue weighted by molar-refractivity contribution is -0.120. The van der Waals surface area contributed by atoms with Crippen molar-refractivity contribution in [3.05, 3.63) is 53.3 Å². The van der Waals surface area contributed by atoms with Crippen molar-refractivity contribution in [1.29, 1.82) is 0 Å². The molecule has 0 aliphatic heterocycles. The summed E-state index contributed by atoms with van der Waals surface area (Å²) in [6.45, 7) is 2.70. The molecule has 0 radical (unpaired) electrons. The second-order valence-electron chi connectivity index (χ2n) is 5.79. The third-order valence-corrected chi connectivity index (χ3v) is 4.22. The van der Waals surface area contributed by atoms with Crippen LogP contribution < -0.4 is 14.8 Å². The first-order chi connectivity index (χ1) is 12.4. The van der Waals surface area contributed by atoms with Crippen molar-refractivity contribution in [3.63, 3.8) is 0 Å². The maximum Gasteiger partial charge on any atom is 0.241 e. The lowest BCUT2D eigenvalue weighted by atomic mass is 10.2. The average molecular weight is 381 g/mol. The Morgan fingerprint density at radius 2 is 1.96 bits per heavy atom. The molecule has 7 heteroatoms. The number of benzene rings is 2. The van der Waals surface area contributed by atoms with Crippen LogP contribution in [0, 0.1) is 5.82 Å². The minimum Gasteiger partial charge on any atom is -0.495 e. The van der Waals surface area contributed by atoms with E-state index in [2.05, 4.69) is 5.32 Å². The molecule has 2 aromatic rings. The van der Waals surface area contributed by atoms with Crippen LogP contribution in [0.25, 0.3) is 0 Å². The number of likely N-dealkylation sites (N-methyl/N-ethyl adjacent to an activating group) is 1. The van der Waals surface area contributed by atoms with Gasteiger partial charge in [0.1, 0.15) is 23.9 Å². The van der Waals surface area contributed by atoms with Crippen molar-refractivity contribution in [3.8, 4) is 11.5 Å². The number of anilines is 1. The summed E-state index contributed by atoms with van der Waals surface area (Å²) in [6, 6.07) is 10.5. The summed E-state index contributed by atoms with van der Waals surface area (Å²) in [6.07, 6.45) is 0. The van der Waals surface area contributed by atoms with Gasteiger partial charge < -0.3 is 14.8 Å². The highest BCUT2D eigenvalue weighted by molar-refractivity contribution is 6.31. The molecule has 26 heavy (non-hydrogen) atoms. The van der Waals surface area contributed by atoms with Gasteiger partial charge in [-0.1, -0.05) is 11.6 Å². The Kier molecular flexibility index (Phi) is 7.24. The lowest BCUT2D eigenvalue weighted by Gasteiger charge is -2.24. The highest BCUT2D eigenvalue weighted by Crippen LogP contribution is 2.27. The zero-order valence-corrected chi connectivity index (χ0v) is 15.7. The highest BCUT2D eigenvalue weighted by atomic mass is 35.5. The van der Waals surface area contributed by atoms with Crippen LogP contribution in [-0.4, -0.2) is 44.2 Å². The molecule has 1 atom stereocenters. The Morgan fingerprint density at radius 1 is 1.27 bits per heavy atom. The smallest absolute Gasteiger partial charge is 0.241 e. The fraction of sp³-hybridized carbons (Fsp3) is 0.316. The molecule has 2 aromatic carbocycles. The van der Waals surface area contributed by atoms with Crippen molar-refractivity contribution in [2.24, 2.45) is 0 Å². The Bertz CT molecular complexity index is 740. The average Bonchev–Trinajstić information content (AvgIpc) is 2.62. The number of amides is 1. The van der Waals surface area contributed by atoms with Crippen molar-refractivity contribution < 1.29 is 18.7 Å². The van der Waals surface area contributed by atoms with Gasteiger partial charge in [-0.2, -0.15) is 0 Å². The van der Waals surface area contributed by atoms with Gasteiger partial charge >= 0.3 is 0 Å². The van der Waals surface area contributed by atoms with E-state index in [1.807, 2.05) is 11.9 Å². The SMILES string of the molecule is COc1ccc(Cl)cc1NC(=O)[C@H](C)N(C)CCOc1ccc(F)cc1. The monoisotopic (exact) mass is 380 g/mol. The molecular weight excluding hydrogens is 359 g/mol. The van der Waals surface area contributed by atoms with Crippen LogP contribution in [-0.2, 0) is 4.79 Å². The van der Waals surface area contributed by atoms with Crippen molar-refractivity contribution in [2.45, 2.75) is 13.0 Å². The third-order valence-electron chi connectivity index (χ3n) is 3.99. The van der Waals surface area contributed by atoms with Gasteiger partial charge in [0, 0.05) is 11.6 Å². The Morgan fingerprint density at radius 3 is 2.62 bits per heavy atom. The van der Waals surface area contributed by atoms with Gasteiger partial charge in [-0.25, -0.2) is 4.39 Å². The van der Waals surface area contributed by atoms with Crippen molar-refractivity contribution >= 4 is 23.2 Å². The van der Waals surface area contributed by atoms with E-state index in [0.717, 1.165) is 0 Å². The zero-order valence-electron chi connectivity index (χ0n) is 15.0. The van der Waals surface area contributed by atoms with Crippen LogP contribution in [0.4, 0.5) is 10.1 Å². The summed E-state index contributed by atoms with van der Waals surface area (Å²) in [5.41, 5.74) is 0.521. The van der Waals surface area contributed by atoms with Gasteiger partial charge in [0.05, 0.1) is 18.8 Å². The van der Waals surface area contributed by atoms with Gasteiger partial charge in [-0.3, -0.25) is 9.69 Å². The second kappa shape index (κ2) is 9.40.